The summed E-state index contributed by atoms with van der Waals surface area (Å²) in [6.07, 6.45) is -10.4. The minimum Gasteiger partial charge on any atom is -0.406 e. The van der Waals surface area contributed by atoms with Crippen LogP contribution >= 0.6 is 0 Å². The van der Waals surface area contributed by atoms with Gasteiger partial charge in [0.1, 0.15) is 35.5 Å². The van der Waals surface area contributed by atoms with Crippen LogP contribution in [-0.2, 0) is 0 Å². The van der Waals surface area contributed by atoms with Crippen molar-refractivity contribution in [3.05, 3.63) is 164 Å². The normalized spacial score (nSPS) is 14.2. The molecule has 7 rings (SSSR count). The molecule has 0 spiro atoms. The molecular formula is C48H14F8N8O2. The van der Waals surface area contributed by atoms with Crippen molar-refractivity contribution in [2.24, 2.45) is 0 Å². The van der Waals surface area contributed by atoms with E-state index in [4.69, 9.17) is 6.57 Å². The van der Waals surface area contributed by atoms with Crippen LogP contribution in [0.25, 0.3) is 60.7 Å². The fourth-order valence-corrected chi connectivity index (χ4v) is 7.65. The maximum Gasteiger partial charge on any atom is 0.573 e. The van der Waals surface area contributed by atoms with Crippen molar-refractivity contribution in [1.82, 2.24) is 0 Å². The van der Waals surface area contributed by atoms with Crippen molar-refractivity contribution >= 4 is 33.6 Å². The number of nitrogens with zero attached hydrogens (tertiary/aromatic N) is 8. The van der Waals surface area contributed by atoms with Crippen LogP contribution in [-0.4, -0.2) is 12.7 Å². The van der Waals surface area contributed by atoms with Crippen LogP contribution in [0.3, 0.4) is 0 Å². The standard InChI is InChI=1S/C48H14F8N8O2/c1-64-46(30-14-25(18-59)11-26(15-30)19-60)43-42-37(28-4-8-32(9-5-28)66-48(54,55)56)38-34(21-62)44(49)40(33(20-61)29-12-23(16-57)10-24(13-29)17-58)41(38)36(39(42)35(22-63)45(43)50)27-2-6-31(7-3-27)65-47(51,52)53/h2-15H/b40-33-,46-43+. The summed E-state index contributed by atoms with van der Waals surface area (Å²) in [6.45, 7) is 8.30. The Morgan fingerprint density at radius 1 is 0.470 bits per heavy atom. The van der Waals surface area contributed by atoms with Gasteiger partial charge in [-0.25, -0.2) is 13.6 Å². The molecule has 0 heterocycles. The fraction of sp³-hybridized carbons (Fsp3) is 0.0417. The third-order valence-electron chi connectivity index (χ3n) is 10.0. The molecule has 0 fully saturated rings. The van der Waals surface area contributed by atoms with E-state index in [2.05, 4.69) is 14.3 Å². The highest BCUT2D eigenvalue weighted by atomic mass is 19.4. The minimum absolute atomic E-state index is 0.180. The van der Waals surface area contributed by atoms with Gasteiger partial charge >= 0.3 is 12.7 Å². The largest absolute Gasteiger partial charge is 0.573 e. The van der Waals surface area contributed by atoms with Crippen LogP contribution in [0.5, 0.6) is 11.5 Å². The van der Waals surface area contributed by atoms with Crippen molar-refractivity contribution in [2.75, 3.05) is 0 Å². The predicted octanol–water partition coefficient (Wildman–Crippen LogP) is 12.0. The highest BCUT2D eigenvalue weighted by molar-refractivity contribution is 6.25. The van der Waals surface area contributed by atoms with Crippen LogP contribution in [0.4, 0.5) is 35.1 Å². The Balaban J connectivity index is 1.79. The molecule has 2 aliphatic rings. The smallest absolute Gasteiger partial charge is 0.406 e. The number of nitriles is 7. The molecule has 0 amide bonds. The summed E-state index contributed by atoms with van der Waals surface area (Å²) in [6, 6.07) is 26.4. The van der Waals surface area contributed by atoms with E-state index in [0.29, 0.717) is 0 Å². The topological polar surface area (TPSA) is 189 Å². The second-order valence-corrected chi connectivity index (χ2v) is 13.7. The van der Waals surface area contributed by atoms with Crippen LogP contribution in [0, 0.1) is 85.9 Å². The molecule has 5 aromatic carbocycles. The molecule has 66 heavy (non-hydrogen) atoms. The van der Waals surface area contributed by atoms with Crippen LogP contribution in [0.15, 0.2) is 96.6 Å². The molecule has 0 saturated carbocycles. The average Bonchev–Trinajstić information content (AvgIpc) is 3.74. The van der Waals surface area contributed by atoms with Crippen LogP contribution in [0.1, 0.15) is 55.6 Å². The molecule has 0 atom stereocenters. The van der Waals surface area contributed by atoms with Gasteiger partial charge in [0.2, 0.25) is 5.70 Å². The van der Waals surface area contributed by atoms with E-state index < -0.39 is 103 Å². The average molecular weight is 887 g/mol. The number of allylic oxidation sites excluding steroid dienone is 7. The van der Waals surface area contributed by atoms with Gasteiger partial charge in [-0.1, -0.05) is 24.3 Å². The lowest BCUT2D eigenvalue weighted by molar-refractivity contribution is -0.275. The van der Waals surface area contributed by atoms with Crippen molar-refractivity contribution in [2.45, 2.75) is 12.7 Å². The van der Waals surface area contributed by atoms with Crippen molar-refractivity contribution < 1.29 is 44.6 Å². The molecule has 314 valence electrons. The molecule has 5 aromatic rings. The number of benzene rings is 5. The molecule has 0 bridgehead atoms. The first-order chi connectivity index (χ1) is 31.4. The highest BCUT2D eigenvalue weighted by Crippen LogP contribution is 2.61. The molecular weight excluding hydrogens is 873 g/mol. The van der Waals surface area contributed by atoms with E-state index in [1.54, 1.807) is 12.1 Å². The predicted molar refractivity (Wildman–Crippen MR) is 216 cm³/mol. The van der Waals surface area contributed by atoms with Gasteiger partial charge in [-0.3, -0.25) is 0 Å². The zero-order valence-corrected chi connectivity index (χ0v) is 32.5. The number of hydrogen-bond acceptors (Lipinski definition) is 9. The minimum atomic E-state index is -5.19. The van der Waals surface area contributed by atoms with E-state index in [-0.39, 0.29) is 44.5 Å². The van der Waals surface area contributed by atoms with Gasteiger partial charge in [0.15, 0.2) is 5.83 Å². The first-order valence-electron chi connectivity index (χ1n) is 18.2. The molecule has 0 aliphatic heterocycles. The lowest BCUT2D eigenvalue weighted by atomic mass is 9.78. The number of hydrogen-bond donors (Lipinski definition) is 0. The van der Waals surface area contributed by atoms with E-state index >= 15 is 8.78 Å². The summed E-state index contributed by atoms with van der Waals surface area (Å²) < 4.78 is 123. The quantitative estimate of drug-likeness (QED) is 0.0907. The Kier molecular flexibility index (Phi) is 11.2. The molecule has 0 unspecified atom stereocenters. The van der Waals surface area contributed by atoms with Crippen molar-refractivity contribution in [3.63, 3.8) is 0 Å². The Hall–Kier alpha value is -9.98. The van der Waals surface area contributed by atoms with Gasteiger partial charge in [0, 0.05) is 27.8 Å². The summed E-state index contributed by atoms with van der Waals surface area (Å²) >= 11 is 0. The molecule has 0 saturated heterocycles. The van der Waals surface area contributed by atoms with Gasteiger partial charge in [-0.15, -0.1) is 26.3 Å². The maximum absolute atomic E-state index is 17.6. The lowest BCUT2D eigenvalue weighted by Crippen LogP contribution is -2.17. The van der Waals surface area contributed by atoms with Gasteiger partial charge in [-0.05, 0) is 99.6 Å². The zero-order valence-electron chi connectivity index (χ0n) is 32.5. The summed E-state index contributed by atoms with van der Waals surface area (Å²) in [5.74, 6) is -4.47. The first kappa shape index (κ1) is 44.1. The molecule has 18 heteroatoms. The van der Waals surface area contributed by atoms with Gasteiger partial charge in [0.05, 0.1) is 69.8 Å². The third kappa shape index (κ3) is 7.75. The van der Waals surface area contributed by atoms with Gasteiger partial charge in [-0.2, -0.15) is 36.8 Å². The number of halogens is 8. The number of ether oxygens (including phenoxy) is 2. The summed E-state index contributed by atoms with van der Waals surface area (Å²) in [5, 5.41) is 71.5. The second kappa shape index (κ2) is 16.7. The SMILES string of the molecule is [C-]#[N+]/C(=C1/C(F)=C(C#N)c2c1c(-c1ccc(OC(F)(F)F)cc1)c1c(c2-c2ccc(OC(F)(F)F)cc2)/C(=C(\C#N)c2cc(C#N)cc(C#N)c2)C(F)=C1C#N)c1cc(C#N)cc(C#N)c1. The van der Waals surface area contributed by atoms with Gasteiger partial charge < -0.3 is 9.47 Å². The van der Waals surface area contributed by atoms with E-state index in [1.807, 2.05) is 30.3 Å². The highest BCUT2D eigenvalue weighted by Gasteiger charge is 2.44. The Labute approximate surface area is 366 Å². The Morgan fingerprint density at radius 3 is 1.17 bits per heavy atom. The number of alkyl halides is 6. The third-order valence-corrected chi connectivity index (χ3v) is 10.0. The molecule has 2 aliphatic carbocycles. The Morgan fingerprint density at radius 2 is 0.833 bits per heavy atom. The van der Waals surface area contributed by atoms with E-state index in [1.165, 1.54) is 0 Å². The van der Waals surface area contributed by atoms with Crippen molar-refractivity contribution in [3.8, 4) is 76.2 Å². The van der Waals surface area contributed by atoms with Crippen LogP contribution in [0.2, 0.25) is 0 Å². The van der Waals surface area contributed by atoms with Crippen molar-refractivity contribution in [1.29, 1.82) is 36.8 Å². The molecule has 10 nitrogen and oxygen atoms in total. The summed E-state index contributed by atoms with van der Waals surface area (Å²) in [4.78, 5) is 3.53. The monoisotopic (exact) mass is 886 g/mol. The first-order valence-corrected chi connectivity index (χ1v) is 18.2. The van der Waals surface area contributed by atoms with Crippen LogP contribution < -0.4 is 9.47 Å². The summed E-state index contributed by atoms with van der Waals surface area (Å²) in [7, 11) is 0. The number of fused-ring (bicyclic) bond motifs is 2. The molecule has 0 N–H and O–H groups in total. The zero-order chi connectivity index (χ0) is 47.8. The molecule has 0 aromatic heterocycles. The van der Waals surface area contributed by atoms with E-state index in [0.717, 1.165) is 84.9 Å². The lowest BCUT2D eigenvalue weighted by Gasteiger charge is -2.23. The summed E-state index contributed by atoms with van der Waals surface area (Å²) in [5.41, 5.74) is -9.17. The second-order valence-electron chi connectivity index (χ2n) is 13.7. The fourth-order valence-electron chi connectivity index (χ4n) is 7.65. The Bertz CT molecular complexity index is 3190. The van der Waals surface area contributed by atoms with E-state index in [9.17, 15) is 63.2 Å². The van der Waals surface area contributed by atoms with Gasteiger partial charge in [0.25, 0.3) is 0 Å². The maximum atomic E-state index is 17.6. The number of rotatable bonds is 6. The molecule has 0 radical (unpaired) electrons.